The SMILES string of the molecule is CC/C=C\C/C=C\C/C=C\C/C=C\C/C=C\CCCCCCCC(=O)OC(COC(=O)CCCCCCCCCCC)COC(=O)CCCCCCCCCCCCCCCCCCCCCCCCC/C=C\C/C=C\CCCCCCC. The van der Waals surface area contributed by atoms with E-state index in [0.29, 0.717) is 19.3 Å². The van der Waals surface area contributed by atoms with Crippen LogP contribution < -0.4 is 0 Å². The minimum Gasteiger partial charge on any atom is -0.462 e. The van der Waals surface area contributed by atoms with Crippen molar-refractivity contribution in [1.82, 2.24) is 0 Å². The van der Waals surface area contributed by atoms with Gasteiger partial charge in [0, 0.05) is 19.3 Å². The zero-order valence-corrected chi connectivity index (χ0v) is 55.2. The second kappa shape index (κ2) is 71.1. The van der Waals surface area contributed by atoms with Crippen LogP contribution in [0.5, 0.6) is 0 Å². The molecular weight excluding hydrogens is 1020 g/mol. The summed E-state index contributed by atoms with van der Waals surface area (Å²) in [7, 11) is 0. The van der Waals surface area contributed by atoms with Crippen LogP contribution in [0.4, 0.5) is 0 Å². The van der Waals surface area contributed by atoms with Crippen molar-refractivity contribution in [2.75, 3.05) is 13.2 Å². The number of esters is 3. The highest BCUT2D eigenvalue weighted by molar-refractivity contribution is 5.71. The van der Waals surface area contributed by atoms with Crippen molar-refractivity contribution in [1.29, 1.82) is 0 Å². The van der Waals surface area contributed by atoms with Crippen LogP contribution in [0.1, 0.15) is 367 Å². The van der Waals surface area contributed by atoms with E-state index in [9.17, 15) is 14.4 Å². The fourth-order valence-corrected chi connectivity index (χ4v) is 10.5. The van der Waals surface area contributed by atoms with E-state index in [1.807, 2.05) is 0 Å². The van der Waals surface area contributed by atoms with Gasteiger partial charge in [-0.2, -0.15) is 0 Å². The summed E-state index contributed by atoms with van der Waals surface area (Å²) in [6.45, 7) is 6.52. The quantitative estimate of drug-likeness (QED) is 0.0261. The summed E-state index contributed by atoms with van der Waals surface area (Å²) in [6.07, 6.45) is 95.0. The minimum atomic E-state index is -0.784. The molecule has 6 heteroatoms. The smallest absolute Gasteiger partial charge is 0.306 e. The summed E-state index contributed by atoms with van der Waals surface area (Å²) in [4.78, 5) is 38.3. The van der Waals surface area contributed by atoms with Gasteiger partial charge < -0.3 is 14.2 Å². The average Bonchev–Trinajstić information content (AvgIpc) is 3.49. The fourth-order valence-electron chi connectivity index (χ4n) is 10.5. The lowest BCUT2D eigenvalue weighted by molar-refractivity contribution is -0.167. The first-order valence-corrected chi connectivity index (χ1v) is 36.1. The number of rotatable bonds is 66. The van der Waals surface area contributed by atoms with Crippen LogP contribution in [-0.2, 0) is 28.6 Å². The van der Waals surface area contributed by atoms with Crippen molar-refractivity contribution in [2.45, 2.75) is 374 Å². The molecule has 0 spiro atoms. The first-order valence-electron chi connectivity index (χ1n) is 36.1. The van der Waals surface area contributed by atoms with Gasteiger partial charge in [0.1, 0.15) is 13.2 Å². The third kappa shape index (κ3) is 69.3. The Labute approximate surface area is 515 Å². The molecule has 0 aromatic rings. The van der Waals surface area contributed by atoms with Gasteiger partial charge in [-0.15, -0.1) is 0 Å². The normalized spacial score (nSPS) is 12.6. The molecule has 1 atom stereocenters. The highest BCUT2D eigenvalue weighted by atomic mass is 16.6. The van der Waals surface area contributed by atoms with Crippen molar-refractivity contribution in [3.63, 3.8) is 0 Å². The molecule has 6 nitrogen and oxygen atoms in total. The van der Waals surface area contributed by atoms with Gasteiger partial charge in [0.05, 0.1) is 0 Å². The zero-order valence-electron chi connectivity index (χ0n) is 55.2. The maximum atomic E-state index is 12.9. The fraction of sp³-hybridized carbons (Fsp3) is 0.779. The van der Waals surface area contributed by atoms with Crippen LogP contribution in [-0.4, -0.2) is 37.2 Å². The lowest BCUT2D eigenvalue weighted by Crippen LogP contribution is -2.30. The molecule has 0 rings (SSSR count). The number of hydrogen-bond donors (Lipinski definition) is 0. The van der Waals surface area contributed by atoms with Crippen LogP contribution in [0.2, 0.25) is 0 Å². The summed E-state index contributed by atoms with van der Waals surface area (Å²) < 4.78 is 16.9. The lowest BCUT2D eigenvalue weighted by atomic mass is 10.0. The van der Waals surface area contributed by atoms with E-state index in [-0.39, 0.29) is 31.1 Å². The van der Waals surface area contributed by atoms with Crippen LogP contribution in [0, 0.1) is 0 Å². The van der Waals surface area contributed by atoms with Gasteiger partial charge in [-0.05, 0) is 96.3 Å². The standard InChI is InChI=1S/C77H136O6/c1-4-7-10-13-16-19-21-23-25-27-29-31-32-33-34-35-36-37-38-39-40-41-42-43-44-46-47-49-51-53-55-58-61-64-67-70-76(79)82-73-74(72-81-75(78)69-66-63-60-57-18-15-12-9-6-3)83-77(80)71-68-65-62-59-56-54-52-50-48-45-30-28-26-24-22-20-17-14-11-8-5-2/h8,11,17,20-21,23-24,26-27,29-30,45,50,52,74H,4-7,9-10,12-16,18-19,22,25,28,31-44,46-49,51,53-73H2,1-3H3/b11-8-,20-17-,23-21-,26-24-,29-27-,45-30-,52-50-. The van der Waals surface area contributed by atoms with Crippen molar-refractivity contribution in [3.05, 3.63) is 85.1 Å². The van der Waals surface area contributed by atoms with Crippen LogP contribution >= 0.6 is 0 Å². The van der Waals surface area contributed by atoms with E-state index in [1.54, 1.807) is 0 Å². The number of allylic oxidation sites excluding steroid dienone is 14. The molecule has 0 aliphatic rings. The van der Waals surface area contributed by atoms with Gasteiger partial charge in [0.2, 0.25) is 0 Å². The monoisotopic (exact) mass is 1160 g/mol. The summed E-state index contributed by atoms with van der Waals surface area (Å²) in [5, 5.41) is 0. The summed E-state index contributed by atoms with van der Waals surface area (Å²) in [6, 6.07) is 0. The predicted molar refractivity (Wildman–Crippen MR) is 362 cm³/mol. The highest BCUT2D eigenvalue weighted by Crippen LogP contribution is 2.18. The van der Waals surface area contributed by atoms with Gasteiger partial charge in [-0.1, -0.05) is 337 Å². The minimum absolute atomic E-state index is 0.0801. The van der Waals surface area contributed by atoms with E-state index in [4.69, 9.17) is 14.2 Å². The zero-order chi connectivity index (χ0) is 59.9. The topological polar surface area (TPSA) is 78.9 Å². The number of carbonyl (C=O) groups excluding carboxylic acids is 3. The molecular formula is C77H136O6. The van der Waals surface area contributed by atoms with Crippen molar-refractivity contribution < 1.29 is 28.6 Å². The molecule has 0 aromatic heterocycles. The lowest BCUT2D eigenvalue weighted by Gasteiger charge is -2.18. The molecule has 0 saturated carbocycles. The van der Waals surface area contributed by atoms with E-state index >= 15 is 0 Å². The van der Waals surface area contributed by atoms with Crippen molar-refractivity contribution in [2.24, 2.45) is 0 Å². The first-order chi connectivity index (χ1) is 41.0. The molecule has 83 heavy (non-hydrogen) atoms. The molecule has 0 amide bonds. The molecule has 0 radical (unpaired) electrons. The first kappa shape index (κ1) is 79.6. The second-order valence-electron chi connectivity index (χ2n) is 24.1. The van der Waals surface area contributed by atoms with Crippen LogP contribution in [0.15, 0.2) is 85.1 Å². The molecule has 0 saturated heterocycles. The van der Waals surface area contributed by atoms with E-state index in [1.165, 1.54) is 212 Å². The van der Waals surface area contributed by atoms with Crippen molar-refractivity contribution in [3.8, 4) is 0 Å². The van der Waals surface area contributed by atoms with Gasteiger partial charge in [0.25, 0.3) is 0 Å². The molecule has 480 valence electrons. The highest BCUT2D eigenvalue weighted by Gasteiger charge is 2.19. The summed E-state index contributed by atoms with van der Waals surface area (Å²) in [5.41, 5.74) is 0. The largest absolute Gasteiger partial charge is 0.462 e. The molecule has 0 aromatic carbocycles. The van der Waals surface area contributed by atoms with Gasteiger partial charge >= 0.3 is 17.9 Å². The Morgan fingerprint density at radius 3 is 0.735 bits per heavy atom. The third-order valence-corrected chi connectivity index (χ3v) is 15.9. The summed E-state index contributed by atoms with van der Waals surface area (Å²) in [5.74, 6) is -0.885. The second-order valence-corrected chi connectivity index (χ2v) is 24.1. The van der Waals surface area contributed by atoms with Crippen LogP contribution in [0.25, 0.3) is 0 Å². The summed E-state index contributed by atoms with van der Waals surface area (Å²) >= 11 is 0. The molecule has 0 aliphatic heterocycles. The van der Waals surface area contributed by atoms with E-state index in [2.05, 4.69) is 106 Å². The molecule has 0 fully saturated rings. The molecule has 0 bridgehead atoms. The van der Waals surface area contributed by atoms with Gasteiger partial charge in [-0.25, -0.2) is 0 Å². The number of ether oxygens (including phenoxy) is 3. The Bertz CT molecular complexity index is 1570. The Balaban J connectivity index is 4.06. The Hall–Kier alpha value is -3.41. The third-order valence-electron chi connectivity index (χ3n) is 15.9. The number of hydrogen-bond acceptors (Lipinski definition) is 6. The Morgan fingerprint density at radius 1 is 0.253 bits per heavy atom. The number of carbonyl (C=O) groups is 3. The van der Waals surface area contributed by atoms with E-state index in [0.717, 1.165) is 116 Å². The number of unbranched alkanes of at least 4 members (excludes halogenated alkanes) is 41. The molecule has 0 N–H and O–H groups in total. The molecule has 1 unspecified atom stereocenters. The van der Waals surface area contributed by atoms with Gasteiger partial charge in [0.15, 0.2) is 6.10 Å². The maximum absolute atomic E-state index is 12.9. The van der Waals surface area contributed by atoms with E-state index < -0.39 is 6.10 Å². The Kier molecular flexibility index (Phi) is 68.2. The maximum Gasteiger partial charge on any atom is 0.306 e. The van der Waals surface area contributed by atoms with Crippen molar-refractivity contribution >= 4 is 17.9 Å². The van der Waals surface area contributed by atoms with Gasteiger partial charge in [-0.3, -0.25) is 14.4 Å². The molecule has 0 heterocycles. The Morgan fingerprint density at radius 2 is 0.470 bits per heavy atom. The molecule has 0 aliphatic carbocycles. The average molecular weight is 1160 g/mol. The predicted octanol–water partition coefficient (Wildman–Crippen LogP) is 25.0. The van der Waals surface area contributed by atoms with Crippen LogP contribution in [0.3, 0.4) is 0 Å².